The Hall–Kier alpha value is -3.83. The van der Waals surface area contributed by atoms with Crippen molar-refractivity contribution >= 4 is 56.4 Å². The van der Waals surface area contributed by atoms with Crippen molar-refractivity contribution in [3.63, 3.8) is 0 Å². The second kappa shape index (κ2) is 9.20. The first-order valence-corrected chi connectivity index (χ1v) is 12.2. The fourth-order valence-electron chi connectivity index (χ4n) is 3.63. The number of thioether (sulfide) groups is 1. The van der Waals surface area contributed by atoms with E-state index in [2.05, 4.69) is 33.5 Å². The minimum Gasteiger partial charge on any atom is -0.302 e. The number of fused-ring (bicyclic) bond motifs is 3. The van der Waals surface area contributed by atoms with Crippen molar-refractivity contribution in [2.45, 2.75) is 18.5 Å². The quantitative estimate of drug-likeness (QED) is 0.186. The van der Waals surface area contributed by atoms with Gasteiger partial charge in [0.2, 0.25) is 5.91 Å². The van der Waals surface area contributed by atoms with Crippen molar-refractivity contribution in [2.75, 3.05) is 11.1 Å². The summed E-state index contributed by atoms with van der Waals surface area (Å²) in [6.45, 7) is 2.05. The van der Waals surface area contributed by atoms with Crippen LogP contribution in [0.3, 0.4) is 0 Å². The summed E-state index contributed by atoms with van der Waals surface area (Å²) >= 11 is 2.75. The number of pyridine rings is 1. The van der Waals surface area contributed by atoms with E-state index in [1.54, 1.807) is 17.5 Å². The topological polar surface area (TPSA) is 115 Å². The van der Waals surface area contributed by atoms with Crippen LogP contribution in [0.1, 0.15) is 12.0 Å². The molecule has 0 fully saturated rings. The number of aryl methyl sites for hydroxylation is 1. The van der Waals surface area contributed by atoms with Crippen LogP contribution in [0.5, 0.6) is 0 Å². The number of amides is 1. The molecule has 11 heteroatoms. The summed E-state index contributed by atoms with van der Waals surface area (Å²) in [5, 5.41) is 26.5. The Morgan fingerprint density at radius 2 is 2.03 bits per heavy atom. The number of nitrogens with zero attached hydrogens (tertiary/aromatic N) is 5. The van der Waals surface area contributed by atoms with Crippen molar-refractivity contribution in [1.29, 1.82) is 0 Å². The highest BCUT2D eigenvalue weighted by atomic mass is 32.2. The first-order chi connectivity index (χ1) is 16.5. The predicted molar refractivity (Wildman–Crippen MR) is 133 cm³/mol. The molecule has 0 aliphatic carbocycles. The summed E-state index contributed by atoms with van der Waals surface area (Å²) in [6.07, 6.45) is 0.273. The molecular weight excluding hydrogens is 472 g/mol. The maximum atomic E-state index is 12.5. The van der Waals surface area contributed by atoms with E-state index < -0.39 is 4.92 Å². The first kappa shape index (κ1) is 22.0. The molecule has 1 amide bonds. The van der Waals surface area contributed by atoms with Gasteiger partial charge in [0.15, 0.2) is 15.9 Å². The van der Waals surface area contributed by atoms with E-state index in [-0.39, 0.29) is 18.0 Å². The average Bonchev–Trinajstić information content (AvgIpc) is 3.46. The molecule has 0 spiro atoms. The highest BCUT2D eigenvalue weighted by Gasteiger charge is 2.14. The Kier molecular flexibility index (Phi) is 5.95. The third-order valence-corrected chi connectivity index (χ3v) is 6.93. The number of anilines is 1. The monoisotopic (exact) mass is 490 g/mol. The summed E-state index contributed by atoms with van der Waals surface area (Å²) in [5.74, 6) is 0.361. The molecule has 34 heavy (non-hydrogen) atoms. The van der Waals surface area contributed by atoms with Gasteiger partial charge in [-0.25, -0.2) is 4.98 Å². The molecule has 0 saturated heterocycles. The standard InChI is InChI=1S/C23H18N6O3S2/c1-14-11-20-26-27-23(28(20)19-8-3-2-7-17(14)19)33-10-9-21(30)25-22-24-18(13-34-22)15-5-4-6-16(12-15)29(31)32/h2-8,11-13H,9-10H2,1H3,(H,24,25,30). The predicted octanol–water partition coefficient (Wildman–Crippen LogP) is 5.34. The highest BCUT2D eigenvalue weighted by molar-refractivity contribution is 7.99. The van der Waals surface area contributed by atoms with Gasteiger partial charge in [-0.1, -0.05) is 42.1 Å². The fraction of sp³-hybridized carbons (Fsp3) is 0.130. The number of nitro groups is 1. The largest absolute Gasteiger partial charge is 0.302 e. The van der Waals surface area contributed by atoms with E-state index in [1.165, 1.54) is 35.2 Å². The van der Waals surface area contributed by atoms with E-state index in [9.17, 15) is 14.9 Å². The van der Waals surface area contributed by atoms with E-state index in [0.717, 1.165) is 27.3 Å². The van der Waals surface area contributed by atoms with E-state index >= 15 is 0 Å². The molecule has 0 aliphatic heterocycles. The smallest absolute Gasteiger partial charge is 0.270 e. The number of aromatic nitrogens is 4. The third-order valence-electron chi connectivity index (χ3n) is 5.24. The Labute approximate surface area is 202 Å². The zero-order valence-electron chi connectivity index (χ0n) is 18.0. The molecule has 9 nitrogen and oxygen atoms in total. The Bertz CT molecular complexity index is 1540. The van der Waals surface area contributed by atoms with Gasteiger partial charge in [0.25, 0.3) is 5.69 Å². The molecule has 5 rings (SSSR count). The van der Waals surface area contributed by atoms with Crippen LogP contribution in [0.2, 0.25) is 0 Å². The summed E-state index contributed by atoms with van der Waals surface area (Å²) in [5.41, 5.74) is 4.15. The fourth-order valence-corrected chi connectivity index (χ4v) is 5.25. The second-order valence-corrected chi connectivity index (χ2v) is 9.43. The van der Waals surface area contributed by atoms with E-state index in [1.807, 2.05) is 28.7 Å². The maximum Gasteiger partial charge on any atom is 0.270 e. The van der Waals surface area contributed by atoms with E-state index in [0.29, 0.717) is 22.1 Å². The lowest BCUT2D eigenvalue weighted by molar-refractivity contribution is -0.384. The average molecular weight is 491 g/mol. The molecule has 0 bridgehead atoms. The van der Waals surface area contributed by atoms with Crippen molar-refractivity contribution in [1.82, 2.24) is 19.6 Å². The van der Waals surface area contributed by atoms with Crippen LogP contribution in [0.25, 0.3) is 27.8 Å². The molecule has 2 aromatic carbocycles. The molecule has 3 heterocycles. The van der Waals surface area contributed by atoms with Gasteiger partial charge in [-0.2, -0.15) is 0 Å². The number of non-ortho nitro benzene ring substituents is 1. The van der Waals surface area contributed by atoms with Crippen LogP contribution in [-0.2, 0) is 4.79 Å². The zero-order valence-corrected chi connectivity index (χ0v) is 19.6. The lowest BCUT2D eigenvalue weighted by Gasteiger charge is -2.07. The Balaban J connectivity index is 1.23. The number of hydrogen-bond acceptors (Lipinski definition) is 8. The molecule has 1 N–H and O–H groups in total. The van der Waals surface area contributed by atoms with Crippen molar-refractivity contribution in [2.24, 2.45) is 0 Å². The number of hydrogen-bond donors (Lipinski definition) is 1. The van der Waals surface area contributed by atoms with Crippen molar-refractivity contribution in [3.05, 3.63) is 75.7 Å². The summed E-state index contributed by atoms with van der Waals surface area (Å²) in [6, 6.07) is 16.4. The molecular formula is C23H18N6O3S2. The molecule has 170 valence electrons. The molecule has 5 aromatic rings. The molecule has 0 atom stereocenters. The minimum atomic E-state index is -0.446. The van der Waals surface area contributed by atoms with Gasteiger partial charge >= 0.3 is 0 Å². The van der Waals surface area contributed by atoms with Gasteiger partial charge in [-0.05, 0) is 24.6 Å². The van der Waals surface area contributed by atoms with Crippen LogP contribution in [0.4, 0.5) is 10.8 Å². The Morgan fingerprint density at radius 1 is 1.18 bits per heavy atom. The third kappa shape index (κ3) is 4.35. The van der Waals surface area contributed by atoms with Crippen LogP contribution in [-0.4, -0.2) is 36.2 Å². The van der Waals surface area contributed by atoms with Crippen LogP contribution in [0, 0.1) is 17.0 Å². The van der Waals surface area contributed by atoms with Gasteiger partial charge < -0.3 is 5.32 Å². The van der Waals surface area contributed by atoms with Crippen molar-refractivity contribution < 1.29 is 9.72 Å². The molecule has 0 saturated carbocycles. The summed E-state index contributed by atoms with van der Waals surface area (Å²) in [7, 11) is 0. The number of rotatable bonds is 7. The molecule has 0 radical (unpaired) electrons. The SMILES string of the molecule is Cc1cc2nnc(SCCC(=O)Nc3nc(-c4cccc([N+](=O)[O-])c4)cs3)n2c2ccccc12. The van der Waals surface area contributed by atoms with Crippen LogP contribution < -0.4 is 5.32 Å². The number of nitrogens with one attached hydrogen (secondary N) is 1. The molecule has 0 aliphatic rings. The lowest BCUT2D eigenvalue weighted by Crippen LogP contribution is -2.12. The number of carbonyl (C=O) groups is 1. The van der Waals surface area contributed by atoms with Gasteiger partial charge in [0, 0.05) is 40.6 Å². The number of thiazole rings is 1. The number of carbonyl (C=O) groups excluding carboxylic acids is 1. The zero-order chi connectivity index (χ0) is 23.7. The normalized spacial score (nSPS) is 11.2. The minimum absolute atomic E-state index is 0.00273. The number of benzene rings is 2. The first-order valence-electron chi connectivity index (χ1n) is 10.4. The van der Waals surface area contributed by atoms with Gasteiger partial charge in [0.05, 0.1) is 16.1 Å². The van der Waals surface area contributed by atoms with Crippen LogP contribution >= 0.6 is 23.1 Å². The number of para-hydroxylation sites is 1. The lowest BCUT2D eigenvalue weighted by atomic mass is 10.1. The molecule has 3 aromatic heterocycles. The van der Waals surface area contributed by atoms with Crippen molar-refractivity contribution in [3.8, 4) is 11.3 Å². The molecule has 0 unspecified atom stereocenters. The summed E-state index contributed by atoms with van der Waals surface area (Å²) < 4.78 is 2.01. The Morgan fingerprint density at radius 3 is 2.88 bits per heavy atom. The number of nitro benzene ring substituents is 1. The van der Waals surface area contributed by atoms with Crippen LogP contribution in [0.15, 0.2) is 65.1 Å². The second-order valence-electron chi connectivity index (χ2n) is 7.51. The van der Waals surface area contributed by atoms with Gasteiger partial charge in [-0.15, -0.1) is 21.5 Å². The van der Waals surface area contributed by atoms with E-state index in [4.69, 9.17) is 0 Å². The maximum absolute atomic E-state index is 12.5. The van der Waals surface area contributed by atoms with Gasteiger partial charge in [-0.3, -0.25) is 19.3 Å². The van der Waals surface area contributed by atoms with Gasteiger partial charge in [0.1, 0.15) is 0 Å². The highest BCUT2D eigenvalue weighted by Crippen LogP contribution is 2.28. The summed E-state index contributed by atoms with van der Waals surface area (Å²) in [4.78, 5) is 27.4.